The zero-order valence-corrected chi connectivity index (χ0v) is 25.1. The van der Waals surface area contributed by atoms with E-state index in [-0.39, 0.29) is 17.2 Å². The molecule has 0 bridgehead atoms. The Kier molecular flexibility index (Phi) is 12.6. The number of hydrogen-bond donors (Lipinski definition) is 0. The fourth-order valence-corrected chi connectivity index (χ4v) is 6.15. The third-order valence-corrected chi connectivity index (χ3v) is 8.54. The topological polar surface area (TPSA) is 40.6 Å². The van der Waals surface area contributed by atoms with E-state index in [1.165, 1.54) is 22.3 Å². The maximum Gasteiger partial charge on any atom is 0.222 e. The molecule has 4 heteroatoms. The van der Waals surface area contributed by atoms with Crippen molar-refractivity contribution in [3.8, 4) is 11.1 Å². The molecule has 2 aromatic carbocycles. The Morgan fingerprint density at radius 2 is 0.897 bits per heavy atom. The average molecular weight is 533 g/mol. The minimum absolute atomic E-state index is 0.261. The first kappa shape index (κ1) is 30.9. The summed E-state index contributed by atoms with van der Waals surface area (Å²) >= 11 is 0. The Balaban J connectivity index is 1.90. The van der Waals surface area contributed by atoms with Gasteiger partial charge < -0.3 is 9.80 Å². The van der Waals surface area contributed by atoms with E-state index in [1.54, 1.807) is 0 Å². The molecule has 0 saturated heterocycles. The molecule has 0 radical (unpaired) electrons. The summed E-state index contributed by atoms with van der Waals surface area (Å²) in [6.45, 7) is 12.1. The Morgan fingerprint density at radius 1 is 0.564 bits per heavy atom. The number of hydrogen-bond acceptors (Lipinski definition) is 2. The highest BCUT2D eigenvalue weighted by Gasteiger charge is 2.43. The number of carbonyl (C=O) groups excluding carboxylic acids is 2. The van der Waals surface area contributed by atoms with E-state index in [9.17, 15) is 9.59 Å². The molecule has 1 aliphatic rings. The number of benzene rings is 2. The molecule has 0 fully saturated rings. The molecular weight excluding hydrogens is 480 g/mol. The van der Waals surface area contributed by atoms with Crippen molar-refractivity contribution < 1.29 is 9.59 Å². The Hall–Kier alpha value is -2.62. The van der Waals surface area contributed by atoms with Crippen molar-refractivity contribution in [2.75, 3.05) is 26.2 Å². The van der Waals surface area contributed by atoms with Crippen LogP contribution in [0.15, 0.2) is 48.5 Å². The second kappa shape index (κ2) is 15.8. The Morgan fingerprint density at radius 3 is 1.23 bits per heavy atom. The van der Waals surface area contributed by atoms with Crippen molar-refractivity contribution in [2.24, 2.45) is 0 Å². The van der Waals surface area contributed by atoms with E-state index in [1.807, 2.05) is 0 Å². The molecule has 0 atom stereocenters. The van der Waals surface area contributed by atoms with E-state index >= 15 is 0 Å². The number of unbranched alkanes of at least 4 members (excludes halogenated alkanes) is 4. The maximum absolute atomic E-state index is 13.6. The highest BCUT2D eigenvalue weighted by molar-refractivity contribution is 5.83. The van der Waals surface area contributed by atoms with Gasteiger partial charge in [-0.15, -0.1) is 0 Å². The van der Waals surface area contributed by atoms with Gasteiger partial charge in [-0.25, -0.2) is 0 Å². The summed E-state index contributed by atoms with van der Waals surface area (Å²) in [5.74, 6) is 0.522. The third-order valence-electron chi connectivity index (χ3n) is 8.54. The van der Waals surface area contributed by atoms with E-state index < -0.39 is 0 Å². The molecule has 0 spiro atoms. The summed E-state index contributed by atoms with van der Waals surface area (Å²) in [6, 6.07) is 17.4. The van der Waals surface area contributed by atoms with Crippen LogP contribution in [-0.2, 0) is 15.0 Å². The number of nitrogens with zero attached hydrogens (tertiary/aromatic N) is 2. The van der Waals surface area contributed by atoms with Gasteiger partial charge in [-0.3, -0.25) is 9.59 Å². The summed E-state index contributed by atoms with van der Waals surface area (Å²) in [7, 11) is 0. The molecule has 1 aliphatic carbocycles. The van der Waals surface area contributed by atoms with Crippen LogP contribution >= 0.6 is 0 Å². The average Bonchev–Trinajstić information content (AvgIpc) is 3.25. The lowest BCUT2D eigenvalue weighted by atomic mass is 9.71. The minimum Gasteiger partial charge on any atom is -0.343 e. The second-order valence-corrected chi connectivity index (χ2v) is 11.3. The first-order valence-corrected chi connectivity index (χ1v) is 15.8. The molecule has 39 heavy (non-hydrogen) atoms. The van der Waals surface area contributed by atoms with Gasteiger partial charge in [-0.1, -0.05) is 102 Å². The molecule has 0 aromatic heterocycles. The van der Waals surface area contributed by atoms with Crippen LogP contribution in [0.1, 0.15) is 116 Å². The van der Waals surface area contributed by atoms with Crippen LogP contribution in [0, 0.1) is 0 Å². The number of amides is 2. The van der Waals surface area contributed by atoms with Crippen LogP contribution in [0.3, 0.4) is 0 Å². The number of rotatable bonds is 18. The van der Waals surface area contributed by atoms with E-state index in [0.717, 1.165) is 90.4 Å². The van der Waals surface area contributed by atoms with E-state index in [4.69, 9.17) is 0 Å². The van der Waals surface area contributed by atoms with Gasteiger partial charge in [-0.05, 0) is 60.8 Å². The van der Waals surface area contributed by atoms with Gasteiger partial charge in [0.05, 0.1) is 0 Å². The maximum atomic E-state index is 13.6. The monoisotopic (exact) mass is 532 g/mol. The fraction of sp³-hybridized carbons (Fsp3) is 0.600. The normalized spacial score (nSPS) is 13.1. The third kappa shape index (κ3) is 7.74. The summed E-state index contributed by atoms with van der Waals surface area (Å²) < 4.78 is 0. The van der Waals surface area contributed by atoms with Crippen molar-refractivity contribution >= 4 is 11.8 Å². The minimum atomic E-state index is -0.319. The van der Waals surface area contributed by atoms with Crippen LogP contribution in [0.25, 0.3) is 11.1 Å². The van der Waals surface area contributed by atoms with Crippen LogP contribution < -0.4 is 0 Å². The predicted octanol–water partition coefficient (Wildman–Crippen LogP) is 8.37. The van der Waals surface area contributed by atoms with Crippen molar-refractivity contribution in [3.05, 3.63) is 59.7 Å². The molecule has 214 valence electrons. The van der Waals surface area contributed by atoms with Gasteiger partial charge in [-0.2, -0.15) is 0 Å². The van der Waals surface area contributed by atoms with Crippen molar-refractivity contribution in [2.45, 2.75) is 110 Å². The van der Waals surface area contributed by atoms with Crippen LogP contribution in [0.2, 0.25) is 0 Å². The lowest BCUT2D eigenvalue weighted by Crippen LogP contribution is -2.37. The van der Waals surface area contributed by atoms with Gasteiger partial charge in [0, 0.05) is 44.4 Å². The predicted molar refractivity (Wildman–Crippen MR) is 164 cm³/mol. The van der Waals surface area contributed by atoms with Crippen molar-refractivity contribution in [3.63, 3.8) is 0 Å². The first-order chi connectivity index (χ1) is 19.0. The van der Waals surface area contributed by atoms with Gasteiger partial charge in [0.2, 0.25) is 11.8 Å². The van der Waals surface area contributed by atoms with Gasteiger partial charge in [0.15, 0.2) is 0 Å². The molecule has 0 unspecified atom stereocenters. The summed E-state index contributed by atoms with van der Waals surface area (Å²) in [5, 5.41) is 0. The highest BCUT2D eigenvalue weighted by Crippen LogP contribution is 2.53. The lowest BCUT2D eigenvalue weighted by Gasteiger charge is -2.34. The zero-order valence-electron chi connectivity index (χ0n) is 25.1. The summed E-state index contributed by atoms with van der Waals surface area (Å²) in [6.07, 6.45) is 11.1. The van der Waals surface area contributed by atoms with Crippen LogP contribution in [0.4, 0.5) is 0 Å². The van der Waals surface area contributed by atoms with Gasteiger partial charge in [0.25, 0.3) is 0 Å². The zero-order chi connectivity index (χ0) is 28.1. The molecule has 2 aromatic rings. The van der Waals surface area contributed by atoms with E-state index in [2.05, 4.69) is 86.0 Å². The molecule has 2 amide bonds. The summed E-state index contributed by atoms with van der Waals surface area (Å²) in [5.41, 5.74) is 4.77. The Bertz CT molecular complexity index is 947. The highest BCUT2D eigenvalue weighted by atomic mass is 16.2. The smallest absolute Gasteiger partial charge is 0.222 e. The molecule has 0 saturated carbocycles. The van der Waals surface area contributed by atoms with E-state index in [0.29, 0.717) is 12.8 Å². The molecule has 4 nitrogen and oxygen atoms in total. The standard InChI is InChI=1S/C35H52N2O2/c1-5-9-25-36(26-10-6-2)33(38)21-23-35(24-22-34(39)37(27-11-7-3)28-12-8-4)31-19-15-13-17-29(31)30-18-14-16-20-32(30)35/h13-20H,5-12,21-28H2,1-4H3. The fourth-order valence-electron chi connectivity index (χ4n) is 6.15. The SMILES string of the molecule is CCCCN(CCCC)C(=O)CCC1(CCC(=O)N(CCCC)CCCC)c2ccccc2-c2ccccc21. The quantitative estimate of drug-likeness (QED) is 0.193. The largest absolute Gasteiger partial charge is 0.343 e. The molecule has 0 aliphatic heterocycles. The lowest BCUT2D eigenvalue weighted by molar-refractivity contribution is -0.131. The number of carbonyl (C=O) groups is 2. The number of fused-ring (bicyclic) bond motifs is 3. The van der Waals surface area contributed by atoms with Crippen LogP contribution in [-0.4, -0.2) is 47.8 Å². The van der Waals surface area contributed by atoms with Gasteiger partial charge in [0.1, 0.15) is 0 Å². The van der Waals surface area contributed by atoms with Crippen molar-refractivity contribution in [1.29, 1.82) is 0 Å². The Labute approximate surface area is 238 Å². The molecular formula is C35H52N2O2. The van der Waals surface area contributed by atoms with Gasteiger partial charge >= 0.3 is 0 Å². The molecule has 3 rings (SSSR count). The molecule has 0 N–H and O–H groups in total. The van der Waals surface area contributed by atoms with Crippen molar-refractivity contribution in [1.82, 2.24) is 9.80 Å². The second-order valence-electron chi connectivity index (χ2n) is 11.3. The van der Waals surface area contributed by atoms with Crippen LogP contribution in [0.5, 0.6) is 0 Å². The first-order valence-electron chi connectivity index (χ1n) is 15.8. The molecule has 0 heterocycles. The summed E-state index contributed by atoms with van der Waals surface area (Å²) in [4.78, 5) is 31.4.